The lowest BCUT2D eigenvalue weighted by molar-refractivity contribution is 0.0697. The summed E-state index contributed by atoms with van der Waals surface area (Å²) in [5, 5.41) is 8.83. The lowest BCUT2D eigenvalue weighted by Crippen LogP contribution is -2.37. The van der Waals surface area contributed by atoms with Crippen molar-refractivity contribution >= 4 is 17.7 Å². The molecule has 1 atom stereocenters. The number of hydrogen-bond donors (Lipinski definition) is 1. The lowest BCUT2D eigenvalue weighted by atomic mass is 10.0. The van der Waals surface area contributed by atoms with Crippen LogP contribution >= 0.6 is 0 Å². The number of carbonyl (C=O) groups excluding carboxylic acids is 1. The minimum atomic E-state index is -0.981. The minimum Gasteiger partial charge on any atom is -0.478 e. The molecule has 1 aliphatic rings. The number of aromatic carboxylic acids is 1. The highest BCUT2D eigenvalue weighted by Crippen LogP contribution is 2.27. The third kappa shape index (κ3) is 2.16. The summed E-state index contributed by atoms with van der Waals surface area (Å²) in [6.07, 6.45) is -0.378. The molecule has 1 amide bonds. The Morgan fingerprint density at radius 2 is 2.00 bits per heavy atom. The molecule has 0 aliphatic carbocycles. The van der Waals surface area contributed by atoms with Crippen LogP contribution in [0.2, 0.25) is 0 Å². The van der Waals surface area contributed by atoms with Crippen LogP contribution in [-0.2, 0) is 4.74 Å². The summed E-state index contributed by atoms with van der Waals surface area (Å²) in [5.74, 6) is -0.707. The van der Waals surface area contributed by atoms with E-state index in [0.717, 1.165) is 0 Å². The molecule has 1 heterocycles. The van der Waals surface area contributed by atoms with E-state index < -0.39 is 5.97 Å². The summed E-state index contributed by atoms with van der Waals surface area (Å²) >= 11 is 0. The highest BCUT2D eigenvalue weighted by Gasteiger charge is 2.35. The third-order valence-electron chi connectivity index (χ3n) is 3.07. The van der Waals surface area contributed by atoms with Crippen molar-refractivity contribution in [3.63, 3.8) is 0 Å². The van der Waals surface area contributed by atoms with Crippen molar-refractivity contribution in [2.24, 2.45) is 5.92 Å². The van der Waals surface area contributed by atoms with Gasteiger partial charge in [0.1, 0.15) is 6.61 Å². The Bertz CT molecular complexity index is 466. The van der Waals surface area contributed by atoms with E-state index in [0.29, 0.717) is 12.3 Å². The molecule has 1 fully saturated rings. The van der Waals surface area contributed by atoms with Gasteiger partial charge in [0.05, 0.1) is 11.6 Å². The van der Waals surface area contributed by atoms with E-state index in [-0.39, 0.29) is 23.6 Å². The standard InChI is InChI=1S/C13H15NO4/c1-8(2)11-7-18-13(17)14(11)10-5-3-9(4-6-10)12(15)16/h3-6,8,11H,7H2,1-2H3,(H,15,16)/t11-/m0/s1. The Hall–Kier alpha value is -2.04. The largest absolute Gasteiger partial charge is 0.478 e. The SMILES string of the molecule is CC(C)[C@@H]1COC(=O)N1c1ccc(C(=O)O)cc1. The van der Waals surface area contributed by atoms with Crippen LogP contribution in [0.5, 0.6) is 0 Å². The number of cyclic esters (lactones) is 1. The second-order valence-corrected chi connectivity index (χ2v) is 4.61. The summed E-state index contributed by atoms with van der Waals surface area (Å²) in [5.41, 5.74) is 0.869. The van der Waals surface area contributed by atoms with Crippen molar-refractivity contribution in [2.45, 2.75) is 19.9 Å². The number of anilines is 1. The molecule has 0 aromatic heterocycles. The molecule has 5 heteroatoms. The number of benzene rings is 1. The van der Waals surface area contributed by atoms with Gasteiger partial charge in [-0.25, -0.2) is 9.59 Å². The maximum absolute atomic E-state index is 11.7. The number of carbonyl (C=O) groups is 2. The van der Waals surface area contributed by atoms with Crippen molar-refractivity contribution in [3.8, 4) is 0 Å². The number of carboxylic acids is 1. The number of nitrogens with zero attached hydrogens (tertiary/aromatic N) is 1. The van der Waals surface area contributed by atoms with Crippen molar-refractivity contribution in [1.29, 1.82) is 0 Å². The van der Waals surface area contributed by atoms with Gasteiger partial charge in [0.2, 0.25) is 0 Å². The Labute approximate surface area is 105 Å². The van der Waals surface area contributed by atoms with E-state index in [1.54, 1.807) is 17.0 Å². The highest BCUT2D eigenvalue weighted by molar-refractivity contribution is 5.92. The molecule has 0 radical (unpaired) electrons. The van der Waals surface area contributed by atoms with Gasteiger partial charge >= 0.3 is 12.1 Å². The van der Waals surface area contributed by atoms with Crippen LogP contribution in [0.1, 0.15) is 24.2 Å². The molecule has 1 N–H and O–H groups in total. The Morgan fingerprint density at radius 1 is 1.39 bits per heavy atom. The van der Waals surface area contributed by atoms with Gasteiger partial charge in [-0.05, 0) is 30.2 Å². The molecule has 0 spiro atoms. The normalized spacial score (nSPS) is 19.2. The molecule has 1 aromatic rings. The van der Waals surface area contributed by atoms with Gasteiger partial charge in [0, 0.05) is 5.69 Å². The smallest absolute Gasteiger partial charge is 0.414 e. The van der Waals surface area contributed by atoms with E-state index >= 15 is 0 Å². The molecule has 5 nitrogen and oxygen atoms in total. The first-order chi connectivity index (χ1) is 8.50. The minimum absolute atomic E-state index is 0.00632. The second kappa shape index (κ2) is 4.68. The number of ether oxygens (including phenoxy) is 1. The van der Waals surface area contributed by atoms with Gasteiger partial charge in [-0.3, -0.25) is 4.90 Å². The van der Waals surface area contributed by atoms with Crippen LogP contribution in [0.4, 0.5) is 10.5 Å². The van der Waals surface area contributed by atoms with Crippen molar-refractivity contribution < 1.29 is 19.4 Å². The quantitative estimate of drug-likeness (QED) is 0.893. The monoisotopic (exact) mass is 249 g/mol. The molecular weight excluding hydrogens is 234 g/mol. The fourth-order valence-electron chi connectivity index (χ4n) is 1.99. The van der Waals surface area contributed by atoms with Crippen LogP contribution < -0.4 is 4.90 Å². The molecule has 0 bridgehead atoms. The van der Waals surface area contributed by atoms with Crippen LogP contribution in [0, 0.1) is 5.92 Å². The molecule has 2 rings (SSSR count). The summed E-state index contributed by atoms with van der Waals surface area (Å²) in [6.45, 7) is 4.41. The van der Waals surface area contributed by atoms with Gasteiger partial charge in [0.25, 0.3) is 0 Å². The molecule has 1 aliphatic heterocycles. The summed E-state index contributed by atoms with van der Waals surface area (Å²) in [7, 11) is 0. The van der Waals surface area contributed by atoms with Gasteiger partial charge < -0.3 is 9.84 Å². The highest BCUT2D eigenvalue weighted by atomic mass is 16.6. The zero-order valence-corrected chi connectivity index (χ0v) is 10.3. The van der Waals surface area contributed by atoms with E-state index in [4.69, 9.17) is 9.84 Å². The van der Waals surface area contributed by atoms with Crippen molar-refractivity contribution in [1.82, 2.24) is 0 Å². The summed E-state index contributed by atoms with van der Waals surface area (Å²) < 4.78 is 5.04. The average Bonchev–Trinajstić information content (AvgIpc) is 2.71. The number of amides is 1. The molecule has 0 unspecified atom stereocenters. The first-order valence-corrected chi connectivity index (χ1v) is 5.80. The topological polar surface area (TPSA) is 66.8 Å². The molecule has 96 valence electrons. The molecule has 1 aromatic carbocycles. The third-order valence-corrected chi connectivity index (χ3v) is 3.07. The Morgan fingerprint density at radius 3 is 2.50 bits per heavy atom. The second-order valence-electron chi connectivity index (χ2n) is 4.61. The lowest BCUT2D eigenvalue weighted by Gasteiger charge is -2.24. The Kier molecular flexibility index (Phi) is 3.23. The average molecular weight is 249 g/mol. The van der Waals surface area contributed by atoms with Gasteiger partial charge in [-0.15, -0.1) is 0 Å². The van der Waals surface area contributed by atoms with Gasteiger partial charge in [-0.1, -0.05) is 13.8 Å². The predicted molar refractivity (Wildman–Crippen MR) is 65.9 cm³/mol. The van der Waals surface area contributed by atoms with E-state index in [9.17, 15) is 9.59 Å². The van der Waals surface area contributed by atoms with Crippen molar-refractivity contribution in [3.05, 3.63) is 29.8 Å². The van der Waals surface area contributed by atoms with Crippen LogP contribution in [0.15, 0.2) is 24.3 Å². The maximum Gasteiger partial charge on any atom is 0.414 e. The molecule has 18 heavy (non-hydrogen) atoms. The van der Waals surface area contributed by atoms with Crippen LogP contribution in [0.3, 0.4) is 0 Å². The van der Waals surface area contributed by atoms with Crippen molar-refractivity contribution in [2.75, 3.05) is 11.5 Å². The number of rotatable bonds is 3. The number of hydrogen-bond acceptors (Lipinski definition) is 3. The first kappa shape index (κ1) is 12.4. The maximum atomic E-state index is 11.7. The summed E-state index contributed by atoms with van der Waals surface area (Å²) in [6, 6.07) is 6.23. The molecular formula is C13H15NO4. The fraction of sp³-hybridized carbons (Fsp3) is 0.385. The zero-order chi connectivity index (χ0) is 13.3. The Balaban J connectivity index is 2.29. The number of carboxylic acid groups (broad SMARTS) is 1. The van der Waals surface area contributed by atoms with E-state index in [2.05, 4.69) is 0 Å². The zero-order valence-electron chi connectivity index (χ0n) is 10.3. The van der Waals surface area contributed by atoms with Gasteiger partial charge in [-0.2, -0.15) is 0 Å². The van der Waals surface area contributed by atoms with Gasteiger partial charge in [0.15, 0.2) is 0 Å². The molecule has 1 saturated heterocycles. The first-order valence-electron chi connectivity index (χ1n) is 5.80. The van der Waals surface area contributed by atoms with E-state index in [1.165, 1.54) is 12.1 Å². The van der Waals surface area contributed by atoms with Crippen LogP contribution in [0.25, 0.3) is 0 Å². The predicted octanol–water partition coefficient (Wildman–Crippen LogP) is 2.37. The van der Waals surface area contributed by atoms with E-state index in [1.807, 2.05) is 13.8 Å². The van der Waals surface area contributed by atoms with Crippen LogP contribution in [-0.4, -0.2) is 29.8 Å². The fourth-order valence-corrected chi connectivity index (χ4v) is 1.99. The molecule has 0 saturated carbocycles. The summed E-state index contributed by atoms with van der Waals surface area (Å²) in [4.78, 5) is 24.0.